The second-order valence-electron chi connectivity index (χ2n) is 4.76. The third-order valence-electron chi connectivity index (χ3n) is 2.76. The van der Waals surface area contributed by atoms with Crippen LogP contribution < -0.4 is 10.1 Å². The summed E-state index contributed by atoms with van der Waals surface area (Å²) in [6.45, 7) is 7.52. The van der Waals surface area contributed by atoms with Crippen molar-refractivity contribution >= 4 is 0 Å². The van der Waals surface area contributed by atoms with Crippen molar-refractivity contribution < 1.29 is 4.74 Å². The molecule has 0 atom stereocenters. The molecule has 0 spiro atoms. The summed E-state index contributed by atoms with van der Waals surface area (Å²) in [5.41, 5.74) is 3.34. The minimum Gasteiger partial charge on any atom is -0.475 e. The average molecular weight is 260 g/mol. The van der Waals surface area contributed by atoms with Crippen molar-refractivity contribution in [1.82, 2.24) is 20.5 Å². The van der Waals surface area contributed by atoms with E-state index in [0.717, 1.165) is 24.3 Å². The summed E-state index contributed by atoms with van der Waals surface area (Å²) in [5, 5.41) is 10.3. The number of rotatable bonds is 6. The second-order valence-corrected chi connectivity index (χ2v) is 4.76. The van der Waals surface area contributed by atoms with Crippen molar-refractivity contribution in [3.63, 3.8) is 0 Å². The largest absolute Gasteiger partial charge is 0.475 e. The first-order valence-corrected chi connectivity index (χ1v) is 6.47. The zero-order chi connectivity index (χ0) is 13.7. The molecule has 5 nitrogen and oxygen atoms in total. The number of nitrogens with zero attached hydrogens (tertiary/aromatic N) is 2. The maximum absolute atomic E-state index is 5.69. The highest BCUT2D eigenvalue weighted by molar-refractivity contribution is 5.25. The Hall–Kier alpha value is -1.88. The zero-order valence-electron chi connectivity index (χ0n) is 11.6. The molecule has 0 aliphatic carbocycles. The average Bonchev–Trinajstić information content (AvgIpc) is 2.77. The summed E-state index contributed by atoms with van der Waals surface area (Å²) >= 11 is 0. The van der Waals surface area contributed by atoms with Crippen molar-refractivity contribution in [2.75, 3.05) is 0 Å². The van der Waals surface area contributed by atoms with Gasteiger partial charge < -0.3 is 10.1 Å². The van der Waals surface area contributed by atoms with Crippen LogP contribution in [0.15, 0.2) is 24.5 Å². The van der Waals surface area contributed by atoms with Gasteiger partial charge in [0, 0.05) is 36.1 Å². The Balaban J connectivity index is 1.94. The van der Waals surface area contributed by atoms with Gasteiger partial charge in [-0.3, -0.25) is 5.10 Å². The molecular formula is C14H20N4O. The van der Waals surface area contributed by atoms with Gasteiger partial charge in [-0.2, -0.15) is 5.10 Å². The van der Waals surface area contributed by atoms with Crippen molar-refractivity contribution in [3.05, 3.63) is 41.3 Å². The maximum Gasteiger partial charge on any atom is 0.218 e. The third-order valence-corrected chi connectivity index (χ3v) is 2.76. The Morgan fingerprint density at radius 1 is 1.32 bits per heavy atom. The molecule has 0 amide bonds. The maximum atomic E-state index is 5.69. The number of hydrogen-bond acceptors (Lipinski definition) is 4. The fraction of sp³-hybridized carbons (Fsp3) is 0.429. The van der Waals surface area contributed by atoms with E-state index in [1.165, 1.54) is 5.56 Å². The molecule has 0 saturated heterocycles. The van der Waals surface area contributed by atoms with Crippen LogP contribution in [0.25, 0.3) is 0 Å². The van der Waals surface area contributed by atoms with Crippen LogP contribution in [0.1, 0.15) is 30.7 Å². The number of pyridine rings is 1. The van der Waals surface area contributed by atoms with Gasteiger partial charge in [0.2, 0.25) is 5.88 Å². The monoisotopic (exact) mass is 260 g/mol. The van der Waals surface area contributed by atoms with Gasteiger partial charge in [0.25, 0.3) is 0 Å². The number of hydrogen-bond donors (Lipinski definition) is 2. The number of aromatic amines is 1. The molecule has 0 unspecified atom stereocenters. The number of H-pyrrole nitrogens is 1. The van der Waals surface area contributed by atoms with Crippen molar-refractivity contribution in [2.45, 2.75) is 40.0 Å². The van der Waals surface area contributed by atoms with Crippen LogP contribution in [0.4, 0.5) is 0 Å². The molecule has 0 saturated carbocycles. The molecule has 2 rings (SSSR count). The van der Waals surface area contributed by atoms with Gasteiger partial charge in [0.15, 0.2) is 0 Å². The highest BCUT2D eigenvalue weighted by Gasteiger charge is 2.07. The first-order chi connectivity index (χ1) is 9.16. The summed E-state index contributed by atoms with van der Waals surface area (Å²) < 4.78 is 5.69. The molecule has 2 aromatic heterocycles. The molecule has 0 bridgehead atoms. The van der Waals surface area contributed by atoms with E-state index in [9.17, 15) is 0 Å². The summed E-state index contributed by atoms with van der Waals surface area (Å²) in [4.78, 5) is 4.27. The number of aromatic nitrogens is 3. The van der Waals surface area contributed by atoms with Gasteiger partial charge in [0.05, 0.1) is 12.3 Å². The minimum atomic E-state index is 0.129. The Labute approximate surface area is 113 Å². The number of nitrogens with one attached hydrogen (secondary N) is 2. The van der Waals surface area contributed by atoms with Crippen molar-refractivity contribution in [2.24, 2.45) is 0 Å². The molecule has 19 heavy (non-hydrogen) atoms. The molecule has 2 N–H and O–H groups in total. The smallest absolute Gasteiger partial charge is 0.218 e. The van der Waals surface area contributed by atoms with Crippen LogP contribution in [0.2, 0.25) is 0 Å². The van der Waals surface area contributed by atoms with E-state index in [1.54, 1.807) is 6.20 Å². The van der Waals surface area contributed by atoms with Crippen LogP contribution >= 0.6 is 0 Å². The van der Waals surface area contributed by atoms with Crippen LogP contribution in [0.5, 0.6) is 5.88 Å². The van der Waals surface area contributed by atoms with Gasteiger partial charge >= 0.3 is 0 Å². The lowest BCUT2D eigenvalue weighted by Crippen LogP contribution is -2.16. The molecule has 2 aromatic rings. The molecule has 0 radical (unpaired) electrons. The number of aryl methyl sites for hydroxylation is 1. The predicted octanol–water partition coefficient (Wildman–Crippen LogP) is 2.19. The molecular weight excluding hydrogens is 240 g/mol. The van der Waals surface area contributed by atoms with Gasteiger partial charge in [-0.25, -0.2) is 4.98 Å². The van der Waals surface area contributed by atoms with E-state index in [1.807, 2.05) is 39.1 Å². The van der Waals surface area contributed by atoms with E-state index in [-0.39, 0.29) is 6.10 Å². The zero-order valence-corrected chi connectivity index (χ0v) is 11.6. The predicted molar refractivity (Wildman–Crippen MR) is 73.9 cm³/mol. The van der Waals surface area contributed by atoms with Crippen LogP contribution in [0, 0.1) is 6.92 Å². The molecule has 0 fully saturated rings. The highest BCUT2D eigenvalue weighted by Crippen LogP contribution is 2.15. The van der Waals surface area contributed by atoms with Gasteiger partial charge in [-0.15, -0.1) is 0 Å². The lowest BCUT2D eigenvalue weighted by atomic mass is 10.2. The van der Waals surface area contributed by atoms with Gasteiger partial charge in [-0.05, 0) is 26.8 Å². The standard InChI is InChI=1S/C14H20N4O/c1-10(2)19-14-12(5-4-6-16-14)7-15-8-13-9-17-18-11(13)3/h4-6,9-10,15H,7-8H2,1-3H3,(H,17,18). The Bertz CT molecular complexity index is 522. The van der Waals surface area contributed by atoms with E-state index in [2.05, 4.69) is 20.5 Å². The summed E-state index contributed by atoms with van der Waals surface area (Å²) in [6.07, 6.45) is 3.73. The van der Waals surface area contributed by atoms with Crippen molar-refractivity contribution in [3.8, 4) is 5.88 Å². The van der Waals surface area contributed by atoms with Crippen LogP contribution in [-0.4, -0.2) is 21.3 Å². The van der Waals surface area contributed by atoms with Gasteiger partial charge in [0.1, 0.15) is 0 Å². The Morgan fingerprint density at radius 2 is 2.11 bits per heavy atom. The third kappa shape index (κ3) is 3.79. The molecule has 0 aliphatic rings. The fourth-order valence-corrected chi connectivity index (χ4v) is 1.77. The molecule has 0 aliphatic heterocycles. The lowest BCUT2D eigenvalue weighted by Gasteiger charge is -2.13. The second kappa shape index (κ2) is 6.33. The normalized spacial score (nSPS) is 10.9. The van der Waals surface area contributed by atoms with Crippen LogP contribution in [0.3, 0.4) is 0 Å². The Morgan fingerprint density at radius 3 is 2.79 bits per heavy atom. The van der Waals surface area contributed by atoms with Crippen LogP contribution in [-0.2, 0) is 13.1 Å². The molecule has 5 heteroatoms. The van der Waals surface area contributed by atoms with E-state index < -0.39 is 0 Å². The molecule has 2 heterocycles. The lowest BCUT2D eigenvalue weighted by molar-refractivity contribution is 0.229. The van der Waals surface area contributed by atoms with E-state index in [4.69, 9.17) is 4.74 Å². The summed E-state index contributed by atoms with van der Waals surface area (Å²) in [6, 6.07) is 3.95. The minimum absolute atomic E-state index is 0.129. The fourth-order valence-electron chi connectivity index (χ4n) is 1.77. The van der Waals surface area contributed by atoms with E-state index in [0.29, 0.717) is 5.88 Å². The first-order valence-electron chi connectivity index (χ1n) is 6.47. The van der Waals surface area contributed by atoms with E-state index >= 15 is 0 Å². The number of ether oxygens (including phenoxy) is 1. The van der Waals surface area contributed by atoms with Gasteiger partial charge in [-0.1, -0.05) is 6.07 Å². The SMILES string of the molecule is Cc1[nH]ncc1CNCc1cccnc1OC(C)C. The molecule has 0 aromatic carbocycles. The highest BCUT2D eigenvalue weighted by atomic mass is 16.5. The quantitative estimate of drug-likeness (QED) is 0.835. The van der Waals surface area contributed by atoms with Crippen molar-refractivity contribution in [1.29, 1.82) is 0 Å². The molecule has 102 valence electrons. The topological polar surface area (TPSA) is 62.8 Å². The first kappa shape index (κ1) is 13.5. The summed E-state index contributed by atoms with van der Waals surface area (Å²) in [7, 11) is 0. The summed E-state index contributed by atoms with van der Waals surface area (Å²) in [5.74, 6) is 0.703. The Kier molecular flexibility index (Phi) is 4.52.